The summed E-state index contributed by atoms with van der Waals surface area (Å²) < 4.78 is 0. The number of carbonyl (C=O) groups is 9. The number of aromatic amines is 1. The Hall–Kier alpha value is -7.56. The van der Waals surface area contributed by atoms with Gasteiger partial charge < -0.3 is 68.6 Å². The van der Waals surface area contributed by atoms with Crippen LogP contribution in [-0.2, 0) is 62.4 Å². The van der Waals surface area contributed by atoms with Gasteiger partial charge in [0.2, 0.25) is 47.3 Å². The van der Waals surface area contributed by atoms with Crippen molar-refractivity contribution < 1.29 is 58.5 Å². The van der Waals surface area contributed by atoms with Gasteiger partial charge in [0.25, 0.3) is 0 Å². The van der Waals surface area contributed by atoms with Gasteiger partial charge >= 0.3 is 5.97 Å². The highest BCUT2D eigenvalue weighted by Gasteiger charge is 2.30. The van der Waals surface area contributed by atoms with Crippen molar-refractivity contribution in [3.8, 4) is 11.5 Å². The zero-order valence-corrected chi connectivity index (χ0v) is 38.6. The number of benzene rings is 2. The number of nitrogens with zero attached hydrogens (tertiary/aromatic N) is 1. The van der Waals surface area contributed by atoms with Crippen molar-refractivity contribution in [2.45, 2.75) is 103 Å². The van der Waals surface area contributed by atoms with Crippen LogP contribution in [0.25, 0.3) is 0 Å². The van der Waals surface area contributed by atoms with Gasteiger partial charge in [0.05, 0.1) is 32.0 Å². The number of carbonyl (C=O) groups excluding carboxylic acids is 8. The van der Waals surface area contributed by atoms with E-state index in [1.807, 2.05) is 13.8 Å². The van der Waals surface area contributed by atoms with Crippen LogP contribution in [0.3, 0.4) is 0 Å². The number of aromatic nitrogens is 2. The average Bonchev–Trinajstić information content (AvgIpc) is 3.79. The molecule has 0 saturated carbocycles. The number of carboxylic acids is 1. The van der Waals surface area contributed by atoms with Gasteiger partial charge in [-0.3, -0.25) is 38.4 Å². The number of carboxylic acid groups (broad SMARTS) is 1. The summed E-state index contributed by atoms with van der Waals surface area (Å²) in [5.74, 6) is -7.47. The van der Waals surface area contributed by atoms with Crippen LogP contribution in [0, 0.1) is 11.8 Å². The van der Waals surface area contributed by atoms with Crippen molar-refractivity contribution in [3.63, 3.8) is 0 Å². The first-order valence-corrected chi connectivity index (χ1v) is 21.9. The number of nitrogens with one attached hydrogen (secondary N) is 9. The minimum atomic E-state index is -1.39. The molecule has 3 rings (SSSR count). The average molecular weight is 950 g/mol. The number of H-pyrrole nitrogens is 1. The van der Waals surface area contributed by atoms with E-state index in [2.05, 4.69) is 52.5 Å². The summed E-state index contributed by atoms with van der Waals surface area (Å²) in [5, 5.41) is 48.8. The first kappa shape index (κ1) is 54.8. The fourth-order valence-electron chi connectivity index (χ4n) is 6.58. The monoisotopic (exact) mass is 949 g/mol. The highest BCUT2D eigenvalue weighted by molar-refractivity contribution is 5.96. The fraction of sp³-hybridized carbons (Fsp3) is 0.467. The summed E-state index contributed by atoms with van der Waals surface area (Å²) in [6, 6.07) is 4.24. The number of aliphatic carboxylic acids is 1. The summed E-state index contributed by atoms with van der Waals surface area (Å²) in [5.41, 5.74) is 7.37. The molecule has 0 fully saturated rings. The third-order valence-corrected chi connectivity index (χ3v) is 10.1. The molecule has 0 bridgehead atoms. The van der Waals surface area contributed by atoms with Crippen LogP contribution in [0.2, 0.25) is 0 Å². The van der Waals surface area contributed by atoms with E-state index in [4.69, 9.17) is 5.73 Å². The van der Waals surface area contributed by atoms with Gasteiger partial charge in [-0.05, 0) is 67.0 Å². The Balaban J connectivity index is 1.61. The topological polar surface area (TPSA) is 365 Å². The molecule has 3 aromatic rings. The van der Waals surface area contributed by atoms with Crippen molar-refractivity contribution in [2.24, 2.45) is 17.6 Å². The number of aromatic hydroxyl groups is 2. The van der Waals surface area contributed by atoms with Crippen molar-refractivity contribution >= 4 is 53.2 Å². The predicted octanol–water partition coefficient (Wildman–Crippen LogP) is -1.85. The van der Waals surface area contributed by atoms with E-state index in [1.165, 1.54) is 68.0 Å². The molecular weight excluding hydrogens is 887 g/mol. The summed E-state index contributed by atoms with van der Waals surface area (Å²) in [7, 11) is 0. The number of phenols is 2. The predicted molar refractivity (Wildman–Crippen MR) is 245 cm³/mol. The van der Waals surface area contributed by atoms with Gasteiger partial charge in [-0.25, -0.2) is 9.78 Å². The van der Waals surface area contributed by atoms with Crippen LogP contribution < -0.4 is 48.3 Å². The molecule has 6 atom stereocenters. The first-order chi connectivity index (χ1) is 32.1. The standard InChI is InChI=1S/C45H63N11O12/c1-24(2)14-32(46)41(63)48-20-37(59)55-35(18-29-19-47-23-51-29)43(65)50-21-38(60)53-33(15-25(3)4)42(64)49-22-39(61)54-34(16-27-6-10-30(57)11-7-27)44(66)52-26(5)40(62)56-36(45(67)68)17-28-8-12-31(58)13-9-28/h6-13,19,23-26,32-36,57-58H,14-18,20-22,46H2,1-5H3,(H,47,51)(H,48,63)(H,49,64)(H,50,65)(H,52,66)(H,53,60)(H,54,61)(H,55,59)(H,56,62)(H,67,68)/t26-,32-,33-,34-,35-,36-/m0/s1. The molecule has 370 valence electrons. The Morgan fingerprint density at radius 2 is 0.985 bits per heavy atom. The lowest BCUT2D eigenvalue weighted by molar-refractivity contribution is -0.142. The van der Waals surface area contributed by atoms with Crippen molar-refractivity contribution in [1.82, 2.24) is 52.5 Å². The highest BCUT2D eigenvalue weighted by Crippen LogP contribution is 2.14. The van der Waals surface area contributed by atoms with Crippen molar-refractivity contribution in [1.29, 1.82) is 0 Å². The lowest BCUT2D eigenvalue weighted by atomic mass is 10.0. The Labute approximate surface area is 392 Å². The molecule has 1 heterocycles. The lowest BCUT2D eigenvalue weighted by Gasteiger charge is -2.23. The summed E-state index contributed by atoms with van der Waals surface area (Å²) in [4.78, 5) is 124. The number of imidazole rings is 1. The Kier molecular flexibility index (Phi) is 21.9. The number of nitrogens with two attached hydrogens (primary N) is 1. The molecule has 0 saturated heterocycles. The Bertz CT molecular complexity index is 2180. The maximum atomic E-state index is 13.6. The first-order valence-electron chi connectivity index (χ1n) is 21.9. The molecule has 1 aromatic heterocycles. The molecular formula is C45H63N11O12. The molecule has 68 heavy (non-hydrogen) atoms. The SMILES string of the molecule is CC(C)C[C@H](NC(=O)CNC(=O)[C@H](Cc1cnc[nH]1)NC(=O)CNC(=O)[C@@H](N)CC(C)C)C(=O)NCC(=O)N[C@@H](Cc1ccc(O)cc1)C(=O)N[C@@H](C)C(=O)N[C@@H](Cc1ccc(O)cc1)C(=O)O. The number of amides is 8. The van der Waals surface area contributed by atoms with E-state index in [0.717, 1.165) is 0 Å². The maximum absolute atomic E-state index is 13.6. The normalized spacial score (nSPS) is 13.6. The number of hydrogen-bond donors (Lipinski definition) is 13. The second kappa shape index (κ2) is 27.2. The van der Waals surface area contributed by atoms with E-state index in [9.17, 15) is 58.5 Å². The number of hydrogen-bond acceptors (Lipinski definition) is 13. The van der Waals surface area contributed by atoms with Crippen molar-refractivity contribution in [2.75, 3.05) is 19.6 Å². The Morgan fingerprint density at radius 3 is 1.44 bits per heavy atom. The zero-order chi connectivity index (χ0) is 50.5. The second-order valence-corrected chi connectivity index (χ2v) is 17.0. The quantitative estimate of drug-likeness (QED) is 0.0399. The molecule has 0 aliphatic heterocycles. The van der Waals surface area contributed by atoms with E-state index in [0.29, 0.717) is 23.2 Å². The van der Waals surface area contributed by atoms with Gasteiger partial charge in [-0.15, -0.1) is 0 Å². The summed E-state index contributed by atoms with van der Waals surface area (Å²) >= 11 is 0. The minimum absolute atomic E-state index is 0.0279. The van der Waals surface area contributed by atoms with Crippen LogP contribution in [0.5, 0.6) is 11.5 Å². The molecule has 0 unspecified atom stereocenters. The maximum Gasteiger partial charge on any atom is 0.326 e. The molecule has 23 heteroatoms. The van der Waals surface area contributed by atoms with Crippen LogP contribution in [0.4, 0.5) is 0 Å². The largest absolute Gasteiger partial charge is 0.508 e. The van der Waals surface area contributed by atoms with Gasteiger partial charge in [0.15, 0.2) is 0 Å². The molecule has 14 N–H and O–H groups in total. The molecule has 8 amide bonds. The van der Waals surface area contributed by atoms with Gasteiger partial charge in [-0.1, -0.05) is 52.0 Å². The number of rotatable bonds is 27. The van der Waals surface area contributed by atoms with Crippen LogP contribution in [0.15, 0.2) is 61.1 Å². The summed E-state index contributed by atoms with van der Waals surface area (Å²) in [6.45, 7) is 6.94. The molecule has 0 aliphatic rings. The van der Waals surface area contributed by atoms with Crippen molar-refractivity contribution in [3.05, 3.63) is 77.9 Å². The third-order valence-electron chi connectivity index (χ3n) is 10.1. The smallest absolute Gasteiger partial charge is 0.326 e. The van der Waals surface area contributed by atoms with Gasteiger partial charge in [0.1, 0.15) is 41.7 Å². The van der Waals surface area contributed by atoms with E-state index in [-0.39, 0.29) is 49.0 Å². The molecule has 0 aliphatic carbocycles. The van der Waals surface area contributed by atoms with Crippen LogP contribution >= 0.6 is 0 Å². The summed E-state index contributed by atoms with van der Waals surface area (Å²) in [6.07, 6.45) is 3.02. The molecule has 2 aromatic carbocycles. The minimum Gasteiger partial charge on any atom is -0.508 e. The molecule has 0 spiro atoms. The third kappa shape index (κ3) is 19.9. The lowest BCUT2D eigenvalue weighted by Crippen LogP contribution is -2.57. The van der Waals surface area contributed by atoms with E-state index >= 15 is 0 Å². The molecule has 0 radical (unpaired) electrons. The van der Waals surface area contributed by atoms with E-state index in [1.54, 1.807) is 13.8 Å². The van der Waals surface area contributed by atoms with Gasteiger partial charge in [-0.2, -0.15) is 0 Å². The number of phenolic OH excluding ortho intramolecular Hbond substituents is 2. The fourth-order valence-corrected chi connectivity index (χ4v) is 6.58. The van der Waals surface area contributed by atoms with E-state index < -0.39 is 109 Å². The zero-order valence-electron chi connectivity index (χ0n) is 38.6. The van der Waals surface area contributed by atoms with Gasteiger partial charge in [0, 0.05) is 31.2 Å². The van der Waals surface area contributed by atoms with Crippen LogP contribution in [0.1, 0.15) is 64.3 Å². The Morgan fingerprint density at radius 1 is 0.544 bits per heavy atom. The highest BCUT2D eigenvalue weighted by atomic mass is 16.4. The molecule has 23 nitrogen and oxygen atoms in total. The van der Waals surface area contributed by atoms with Crippen LogP contribution in [-0.4, -0.2) is 134 Å². The second-order valence-electron chi connectivity index (χ2n) is 17.0.